The van der Waals surface area contributed by atoms with Crippen LogP contribution in [0.2, 0.25) is 0 Å². The lowest BCUT2D eigenvalue weighted by Gasteiger charge is -2.15. The van der Waals surface area contributed by atoms with Crippen molar-refractivity contribution in [1.82, 2.24) is 9.99 Å². The van der Waals surface area contributed by atoms with E-state index in [9.17, 15) is 9.59 Å². The Kier molecular flexibility index (Phi) is 5.99. The molecule has 2 atom stereocenters. The van der Waals surface area contributed by atoms with Crippen LogP contribution in [0.1, 0.15) is 30.3 Å². The normalized spacial score (nSPS) is 20.7. The third kappa shape index (κ3) is 4.15. The highest BCUT2D eigenvalue weighted by molar-refractivity contribution is 7.96. The summed E-state index contributed by atoms with van der Waals surface area (Å²) in [5.74, 6) is 0.278. The van der Waals surface area contributed by atoms with Gasteiger partial charge in [0.05, 0.1) is 11.8 Å². The van der Waals surface area contributed by atoms with Crippen molar-refractivity contribution < 1.29 is 19.1 Å². The maximum atomic E-state index is 11.1. The lowest BCUT2D eigenvalue weighted by molar-refractivity contribution is 0.00602. The van der Waals surface area contributed by atoms with Crippen molar-refractivity contribution >= 4 is 36.5 Å². The molecule has 130 valence electrons. The minimum Gasteiger partial charge on any atom is -0.455 e. The van der Waals surface area contributed by atoms with Crippen molar-refractivity contribution in [1.29, 1.82) is 0 Å². The summed E-state index contributed by atoms with van der Waals surface area (Å²) >= 11 is 3.56. The predicted molar refractivity (Wildman–Crippen MR) is 91.7 cm³/mol. The number of nitrogens with one attached hydrogen (secondary N) is 1. The fraction of sp³-hybridized carbons (Fsp3) is 0.429. The van der Waals surface area contributed by atoms with Crippen LogP contribution >= 0.6 is 12.6 Å². The summed E-state index contributed by atoms with van der Waals surface area (Å²) in [7, 11) is 1.53. The average Bonchev–Trinajstić information content (AvgIpc) is 3.16. The number of carbonyl (C=O) groups is 2. The first kappa shape index (κ1) is 18.0. The molecule has 24 heavy (non-hydrogen) atoms. The van der Waals surface area contributed by atoms with Crippen LogP contribution in [0.25, 0.3) is 0 Å². The quantitative estimate of drug-likeness (QED) is 0.320. The topological polar surface area (TPSA) is 120 Å². The number of nitrogens with zero attached hydrogens (tertiary/aromatic N) is 3. The fourth-order valence-corrected chi connectivity index (χ4v) is 2.66. The number of urea groups is 1. The molecule has 3 N–H and O–H groups in total. The maximum Gasteiger partial charge on any atom is 0.364 e. The molecule has 0 spiro atoms. The summed E-state index contributed by atoms with van der Waals surface area (Å²) in [6.45, 7) is 3.70. The van der Waals surface area contributed by atoms with E-state index in [1.54, 1.807) is 6.07 Å². The summed E-state index contributed by atoms with van der Waals surface area (Å²) in [5.41, 5.74) is 6.44. The summed E-state index contributed by atoms with van der Waals surface area (Å²) in [6.07, 6.45) is 1.03. The minimum atomic E-state index is -0.722. The largest absolute Gasteiger partial charge is 0.455 e. The SMILES string of the molecule is C=Nn1c(C(=NC)NC(N)=O)ccc1[C@H]1CC[C@@H](COC(=O)S)O1. The highest BCUT2D eigenvalue weighted by Gasteiger charge is 2.30. The van der Waals surface area contributed by atoms with Gasteiger partial charge < -0.3 is 15.2 Å². The first-order chi connectivity index (χ1) is 11.5. The minimum absolute atomic E-state index is 0.152. The number of aliphatic imine (C=N–C) groups is 1. The second-order valence-corrected chi connectivity index (χ2v) is 5.42. The molecule has 1 aromatic heterocycles. The van der Waals surface area contributed by atoms with E-state index < -0.39 is 11.3 Å². The maximum absolute atomic E-state index is 11.1. The Hall–Kier alpha value is -2.33. The van der Waals surface area contributed by atoms with Gasteiger partial charge >= 0.3 is 11.3 Å². The molecule has 0 radical (unpaired) electrons. The lowest BCUT2D eigenvalue weighted by Crippen LogP contribution is -2.36. The van der Waals surface area contributed by atoms with Gasteiger partial charge in [-0.1, -0.05) is 12.6 Å². The zero-order chi connectivity index (χ0) is 17.7. The Morgan fingerprint density at radius 1 is 1.54 bits per heavy atom. The molecule has 0 unspecified atom stereocenters. The number of amidine groups is 1. The standard InChI is InChI=1S/C14H19N5O4S/c1-16-12(18-13(15)20)10-5-4-9(19(10)17-2)11-6-3-8(23-11)7-22-14(21)24/h4-5,8,11H,2-3,6-7H2,1H3,(H,21,24)(H3,15,16,18,20)/t8-,11+/m0/s1. The summed E-state index contributed by atoms with van der Waals surface area (Å²) < 4.78 is 12.3. The smallest absolute Gasteiger partial charge is 0.364 e. The number of aromatic nitrogens is 1. The molecule has 1 aromatic rings. The first-order valence-corrected chi connectivity index (χ1v) is 7.64. The van der Waals surface area contributed by atoms with Crippen LogP contribution in [-0.2, 0) is 9.47 Å². The molecule has 2 heterocycles. The van der Waals surface area contributed by atoms with Crippen molar-refractivity contribution in [2.24, 2.45) is 15.8 Å². The molecule has 1 aliphatic heterocycles. The molecule has 9 nitrogen and oxygen atoms in total. The number of nitrogens with two attached hydrogens (primary N) is 1. The fourth-order valence-electron chi connectivity index (χ4n) is 2.59. The number of rotatable bonds is 5. The van der Waals surface area contributed by atoms with E-state index in [0.717, 1.165) is 18.5 Å². The number of thiol groups is 1. The van der Waals surface area contributed by atoms with Crippen molar-refractivity contribution in [2.75, 3.05) is 13.7 Å². The first-order valence-electron chi connectivity index (χ1n) is 7.19. The Balaban J connectivity index is 2.16. The Bertz CT molecular complexity index is 672. The van der Waals surface area contributed by atoms with Crippen molar-refractivity contribution in [3.63, 3.8) is 0 Å². The number of ether oxygens (including phenoxy) is 2. The van der Waals surface area contributed by atoms with Gasteiger partial charge in [0.15, 0.2) is 5.84 Å². The molecule has 1 aliphatic rings. The van der Waals surface area contributed by atoms with E-state index in [1.165, 1.54) is 11.7 Å². The second kappa shape index (κ2) is 7.97. The number of carbonyl (C=O) groups excluding carboxylic acids is 2. The highest BCUT2D eigenvalue weighted by Crippen LogP contribution is 2.34. The van der Waals surface area contributed by atoms with Gasteiger partial charge in [-0.15, -0.1) is 0 Å². The molecule has 1 saturated heterocycles. The molecule has 2 amide bonds. The molecule has 0 bridgehead atoms. The van der Waals surface area contributed by atoms with Gasteiger partial charge in [0.1, 0.15) is 18.4 Å². The van der Waals surface area contributed by atoms with Crippen molar-refractivity contribution in [3.05, 3.63) is 23.5 Å². The molecular weight excluding hydrogens is 334 g/mol. The summed E-state index contributed by atoms with van der Waals surface area (Å²) in [5, 5.41) is 5.77. The third-order valence-corrected chi connectivity index (χ3v) is 3.69. The van der Waals surface area contributed by atoms with Crippen LogP contribution in [-0.4, -0.2) is 48.3 Å². The van der Waals surface area contributed by atoms with Gasteiger partial charge in [-0.2, -0.15) is 5.10 Å². The second-order valence-electron chi connectivity index (χ2n) is 5.06. The van der Waals surface area contributed by atoms with Gasteiger partial charge in [0.2, 0.25) is 0 Å². The van der Waals surface area contributed by atoms with Crippen molar-refractivity contribution in [2.45, 2.75) is 25.0 Å². The number of hydrogen-bond acceptors (Lipinski definition) is 6. The van der Waals surface area contributed by atoms with Crippen LogP contribution in [0.15, 0.2) is 22.2 Å². The molecule has 10 heteroatoms. The zero-order valence-electron chi connectivity index (χ0n) is 13.1. The number of hydrogen-bond donors (Lipinski definition) is 3. The van der Waals surface area contributed by atoms with Crippen LogP contribution < -0.4 is 11.1 Å². The Morgan fingerprint density at radius 3 is 2.88 bits per heavy atom. The predicted octanol–water partition coefficient (Wildman–Crippen LogP) is 1.28. The lowest BCUT2D eigenvalue weighted by atomic mass is 10.1. The van der Waals surface area contributed by atoms with E-state index in [1.807, 2.05) is 6.07 Å². The molecule has 0 aliphatic carbocycles. The number of primary amides is 1. The Morgan fingerprint density at radius 2 is 2.29 bits per heavy atom. The highest BCUT2D eigenvalue weighted by atomic mass is 32.1. The van der Waals surface area contributed by atoms with Gasteiger partial charge in [0.25, 0.3) is 0 Å². The van der Waals surface area contributed by atoms with Gasteiger partial charge in [-0.05, 0) is 25.0 Å². The Labute approximate surface area is 144 Å². The third-order valence-electron chi connectivity index (χ3n) is 3.56. The summed E-state index contributed by atoms with van der Waals surface area (Å²) in [6, 6.07) is 2.84. The zero-order valence-corrected chi connectivity index (χ0v) is 14.0. The van der Waals surface area contributed by atoms with E-state index in [0.29, 0.717) is 5.69 Å². The van der Waals surface area contributed by atoms with Crippen LogP contribution in [0.3, 0.4) is 0 Å². The molecule has 0 saturated carbocycles. The number of amides is 2. The average molecular weight is 353 g/mol. The van der Waals surface area contributed by atoms with E-state index in [-0.39, 0.29) is 24.7 Å². The molecule has 2 rings (SSSR count). The van der Waals surface area contributed by atoms with E-state index >= 15 is 0 Å². The van der Waals surface area contributed by atoms with Gasteiger partial charge in [-0.3, -0.25) is 10.3 Å². The summed E-state index contributed by atoms with van der Waals surface area (Å²) in [4.78, 5) is 25.8. The van der Waals surface area contributed by atoms with Gasteiger partial charge in [-0.25, -0.2) is 14.3 Å². The van der Waals surface area contributed by atoms with E-state index in [4.69, 9.17) is 15.2 Å². The van der Waals surface area contributed by atoms with Crippen LogP contribution in [0.5, 0.6) is 0 Å². The van der Waals surface area contributed by atoms with Crippen molar-refractivity contribution in [3.8, 4) is 0 Å². The van der Waals surface area contributed by atoms with Crippen LogP contribution in [0.4, 0.5) is 9.59 Å². The van der Waals surface area contributed by atoms with Crippen LogP contribution in [0, 0.1) is 0 Å². The van der Waals surface area contributed by atoms with E-state index in [2.05, 4.69) is 34.8 Å². The monoisotopic (exact) mass is 353 g/mol. The molecule has 0 aromatic carbocycles. The molecular formula is C14H19N5O4S. The van der Waals surface area contributed by atoms with Gasteiger partial charge in [0, 0.05) is 13.8 Å². The molecule has 1 fully saturated rings.